The fraction of sp³-hybridized carbons (Fsp3) is 0.200. The molecule has 3 aromatic rings. The zero-order valence-electron chi connectivity index (χ0n) is 12.2. The van der Waals surface area contributed by atoms with Crippen LogP contribution in [0.15, 0.2) is 35.4 Å². The summed E-state index contributed by atoms with van der Waals surface area (Å²) in [6, 6.07) is 4.96. The Morgan fingerprint density at radius 3 is 3.13 bits per heavy atom. The minimum Gasteiger partial charge on any atom is -0.480 e. The van der Waals surface area contributed by atoms with Crippen LogP contribution in [0.2, 0.25) is 0 Å². The average Bonchev–Trinajstić information content (AvgIpc) is 2.91. The molecule has 0 N–H and O–H groups in total. The molecule has 1 aliphatic heterocycles. The van der Waals surface area contributed by atoms with E-state index in [2.05, 4.69) is 9.97 Å². The first-order chi connectivity index (χ1) is 11.1. The van der Waals surface area contributed by atoms with E-state index in [9.17, 15) is 9.59 Å². The summed E-state index contributed by atoms with van der Waals surface area (Å²) < 4.78 is 6.87. The van der Waals surface area contributed by atoms with Gasteiger partial charge < -0.3 is 4.74 Å². The van der Waals surface area contributed by atoms with Crippen molar-refractivity contribution < 1.29 is 9.53 Å². The van der Waals surface area contributed by atoms with E-state index in [1.807, 2.05) is 6.92 Å². The quantitative estimate of drug-likeness (QED) is 0.710. The summed E-state index contributed by atoms with van der Waals surface area (Å²) in [6.45, 7) is 2.07. The number of thiazole rings is 1. The van der Waals surface area contributed by atoms with Gasteiger partial charge in [0, 0.05) is 23.3 Å². The lowest BCUT2D eigenvalue weighted by Crippen LogP contribution is -2.39. The molecule has 3 aromatic heterocycles. The fourth-order valence-corrected chi connectivity index (χ4v) is 3.35. The normalized spacial score (nSPS) is 14.0. The van der Waals surface area contributed by atoms with Gasteiger partial charge in [0.05, 0.1) is 12.2 Å². The van der Waals surface area contributed by atoms with Crippen molar-refractivity contribution in [1.82, 2.24) is 14.4 Å². The first kappa shape index (κ1) is 13.9. The summed E-state index contributed by atoms with van der Waals surface area (Å²) in [4.78, 5) is 36.1. The Bertz CT molecular complexity index is 978. The van der Waals surface area contributed by atoms with Crippen molar-refractivity contribution in [2.24, 2.45) is 0 Å². The topological polar surface area (TPSA) is 76.8 Å². The molecular formula is C15H12N4O3S. The summed E-state index contributed by atoms with van der Waals surface area (Å²) in [6.07, 6.45) is 3.36. The summed E-state index contributed by atoms with van der Waals surface area (Å²) >= 11 is 1.44. The van der Waals surface area contributed by atoms with Crippen molar-refractivity contribution >= 4 is 28.0 Å². The van der Waals surface area contributed by atoms with E-state index in [1.165, 1.54) is 26.7 Å². The maximum atomic E-state index is 12.2. The Morgan fingerprint density at radius 1 is 1.39 bits per heavy atom. The van der Waals surface area contributed by atoms with E-state index in [1.54, 1.807) is 24.5 Å². The molecule has 23 heavy (non-hydrogen) atoms. The van der Waals surface area contributed by atoms with Crippen LogP contribution in [0.1, 0.15) is 10.6 Å². The van der Waals surface area contributed by atoms with Crippen LogP contribution >= 0.6 is 11.3 Å². The minimum absolute atomic E-state index is 0.0436. The van der Waals surface area contributed by atoms with Gasteiger partial charge in [-0.2, -0.15) is 0 Å². The molecule has 0 fully saturated rings. The molecule has 116 valence electrons. The molecule has 0 aliphatic carbocycles. The maximum absolute atomic E-state index is 12.2. The summed E-state index contributed by atoms with van der Waals surface area (Å²) in [7, 11) is 0. The van der Waals surface area contributed by atoms with E-state index >= 15 is 0 Å². The number of carbonyl (C=O) groups excluding carboxylic acids is 1. The van der Waals surface area contributed by atoms with Crippen molar-refractivity contribution in [1.29, 1.82) is 0 Å². The summed E-state index contributed by atoms with van der Waals surface area (Å²) in [5, 5.41) is 0. The highest BCUT2D eigenvalue weighted by molar-refractivity contribution is 7.16. The van der Waals surface area contributed by atoms with Gasteiger partial charge in [0.2, 0.25) is 0 Å². The maximum Gasteiger partial charge on any atom is 0.266 e. The van der Waals surface area contributed by atoms with E-state index in [0.29, 0.717) is 22.2 Å². The Hall–Kier alpha value is -2.74. The Morgan fingerprint density at radius 2 is 2.26 bits per heavy atom. The Kier molecular flexibility index (Phi) is 3.12. The number of rotatable bonds is 2. The molecule has 0 saturated carbocycles. The van der Waals surface area contributed by atoms with Crippen LogP contribution in [0.5, 0.6) is 5.75 Å². The standard InChI is InChI=1S/C15H12N4O3S/c1-9-6-19-12(20)5-10(17-15(19)23-9)7-18-13(21)8-22-11-3-2-4-16-14(11)18/h2-6H,7-8H2,1H3. The van der Waals surface area contributed by atoms with Crippen LogP contribution < -0.4 is 15.2 Å². The number of aryl methyl sites for hydroxylation is 1. The monoisotopic (exact) mass is 328 g/mol. The number of hydrogen-bond acceptors (Lipinski definition) is 6. The largest absolute Gasteiger partial charge is 0.480 e. The number of ether oxygens (including phenoxy) is 1. The molecule has 4 heterocycles. The van der Waals surface area contributed by atoms with Gasteiger partial charge in [-0.15, -0.1) is 11.3 Å². The van der Waals surface area contributed by atoms with Gasteiger partial charge >= 0.3 is 0 Å². The van der Waals surface area contributed by atoms with E-state index in [4.69, 9.17) is 4.74 Å². The Labute approximate surface area is 134 Å². The number of nitrogens with zero attached hydrogens (tertiary/aromatic N) is 4. The van der Waals surface area contributed by atoms with Gasteiger partial charge in [0.15, 0.2) is 23.1 Å². The molecule has 7 nitrogen and oxygen atoms in total. The van der Waals surface area contributed by atoms with E-state index < -0.39 is 0 Å². The molecule has 0 saturated heterocycles. The molecule has 0 spiro atoms. The molecule has 1 aliphatic rings. The lowest BCUT2D eigenvalue weighted by molar-refractivity contribution is -0.121. The number of aromatic nitrogens is 3. The smallest absolute Gasteiger partial charge is 0.266 e. The van der Waals surface area contributed by atoms with Gasteiger partial charge in [0.25, 0.3) is 11.5 Å². The molecule has 0 bridgehead atoms. The highest BCUT2D eigenvalue weighted by Gasteiger charge is 2.27. The number of anilines is 1. The van der Waals surface area contributed by atoms with Crippen molar-refractivity contribution in [2.75, 3.05) is 11.5 Å². The van der Waals surface area contributed by atoms with Crippen LogP contribution in [0.4, 0.5) is 5.82 Å². The predicted octanol–water partition coefficient (Wildman–Crippen LogP) is 1.39. The molecule has 1 amide bonds. The lowest BCUT2D eigenvalue weighted by Gasteiger charge is -2.27. The second kappa shape index (κ2) is 5.17. The number of fused-ring (bicyclic) bond motifs is 2. The third-order valence-corrected chi connectivity index (χ3v) is 4.41. The van der Waals surface area contributed by atoms with Crippen LogP contribution in [0, 0.1) is 6.92 Å². The zero-order chi connectivity index (χ0) is 16.0. The molecule has 8 heteroatoms. The van der Waals surface area contributed by atoms with Crippen LogP contribution in [-0.2, 0) is 11.3 Å². The van der Waals surface area contributed by atoms with Crippen molar-refractivity contribution in [3.8, 4) is 5.75 Å². The zero-order valence-corrected chi connectivity index (χ0v) is 13.0. The van der Waals surface area contributed by atoms with Gasteiger partial charge in [-0.3, -0.25) is 18.9 Å². The molecule has 4 rings (SSSR count). The van der Waals surface area contributed by atoms with Crippen LogP contribution in [0.3, 0.4) is 0 Å². The third-order valence-electron chi connectivity index (χ3n) is 3.51. The number of carbonyl (C=O) groups is 1. The number of hydrogen-bond donors (Lipinski definition) is 0. The lowest BCUT2D eigenvalue weighted by atomic mass is 10.3. The highest BCUT2D eigenvalue weighted by atomic mass is 32.1. The second-order valence-corrected chi connectivity index (χ2v) is 6.39. The van der Waals surface area contributed by atoms with Gasteiger partial charge in [0.1, 0.15) is 0 Å². The van der Waals surface area contributed by atoms with Gasteiger partial charge in [-0.1, -0.05) is 0 Å². The van der Waals surface area contributed by atoms with Crippen LogP contribution in [-0.4, -0.2) is 26.9 Å². The van der Waals surface area contributed by atoms with Gasteiger partial charge in [-0.05, 0) is 19.1 Å². The SMILES string of the molecule is Cc1cn2c(=O)cc(CN3C(=O)COc4cccnc43)nc2s1. The molecule has 0 radical (unpaired) electrons. The first-order valence-corrected chi connectivity index (χ1v) is 7.80. The predicted molar refractivity (Wildman–Crippen MR) is 85.0 cm³/mol. The fourth-order valence-electron chi connectivity index (χ4n) is 2.50. The average molecular weight is 328 g/mol. The molecule has 0 unspecified atom stereocenters. The number of pyridine rings is 1. The number of amides is 1. The van der Waals surface area contributed by atoms with E-state index in [0.717, 1.165) is 4.88 Å². The van der Waals surface area contributed by atoms with E-state index in [-0.39, 0.29) is 24.6 Å². The van der Waals surface area contributed by atoms with Gasteiger partial charge in [-0.25, -0.2) is 9.97 Å². The molecule has 0 aromatic carbocycles. The first-order valence-electron chi connectivity index (χ1n) is 6.99. The third kappa shape index (κ3) is 2.36. The molecular weight excluding hydrogens is 316 g/mol. The highest BCUT2D eigenvalue weighted by Crippen LogP contribution is 2.29. The summed E-state index contributed by atoms with van der Waals surface area (Å²) in [5.74, 6) is 0.797. The molecule has 0 atom stereocenters. The van der Waals surface area contributed by atoms with Crippen molar-refractivity contribution in [3.05, 3.63) is 51.5 Å². The van der Waals surface area contributed by atoms with Crippen molar-refractivity contribution in [3.63, 3.8) is 0 Å². The summed E-state index contributed by atoms with van der Waals surface area (Å²) in [5.41, 5.74) is 0.375. The van der Waals surface area contributed by atoms with Crippen LogP contribution in [0.25, 0.3) is 4.96 Å². The second-order valence-electron chi connectivity index (χ2n) is 5.17. The Balaban J connectivity index is 1.76. The van der Waals surface area contributed by atoms with Crippen molar-refractivity contribution in [2.45, 2.75) is 13.5 Å². The minimum atomic E-state index is -0.208.